The molecule has 1 aromatic rings. The first-order valence-electron chi connectivity index (χ1n) is 6.65. The summed E-state index contributed by atoms with van der Waals surface area (Å²) in [6, 6.07) is 5.73. The summed E-state index contributed by atoms with van der Waals surface area (Å²) in [4.78, 5) is 27.3. The number of carbonyl (C=O) groups excluding carboxylic acids is 2. The van der Waals surface area contributed by atoms with Gasteiger partial charge in [0.2, 0.25) is 11.8 Å². The Morgan fingerprint density at radius 3 is 2.75 bits per heavy atom. The van der Waals surface area contributed by atoms with Gasteiger partial charge in [0.25, 0.3) is 0 Å². The standard InChI is InChI=1S/C15H17N3O2/c1-9-4-5-11-13(8-9)17(3)10(2)18(11)12-6-7-14(19)16-15(12)20/h4-5,8,12H,2,6-7H2,1,3H3,(H,16,19,20). The second-order valence-corrected chi connectivity index (χ2v) is 5.30. The number of fused-ring (bicyclic) bond motifs is 1. The van der Waals surface area contributed by atoms with Crippen molar-refractivity contribution < 1.29 is 9.59 Å². The molecular formula is C15H17N3O2. The van der Waals surface area contributed by atoms with Crippen molar-refractivity contribution in [3.63, 3.8) is 0 Å². The van der Waals surface area contributed by atoms with Gasteiger partial charge in [-0.25, -0.2) is 0 Å². The summed E-state index contributed by atoms with van der Waals surface area (Å²) in [5.41, 5.74) is 3.17. The van der Waals surface area contributed by atoms with E-state index in [0.717, 1.165) is 22.8 Å². The van der Waals surface area contributed by atoms with Crippen LogP contribution in [0.2, 0.25) is 0 Å². The van der Waals surface area contributed by atoms with Gasteiger partial charge in [-0.05, 0) is 31.0 Å². The van der Waals surface area contributed by atoms with Gasteiger partial charge in [-0.2, -0.15) is 0 Å². The van der Waals surface area contributed by atoms with Gasteiger partial charge in [0, 0.05) is 13.5 Å². The van der Waals surface area contributed by atoms with Gasteiger partial charge >= 0.3 is 0 Å². The minimum absolute atomic E-state index is 0.200. The van der Waals surface area contributed by atoms with Crippen molar-refractivity contribution in [3.8, 4) is 0 Å². The summed E-state index contributed by atoms with van der Waals surface area (Å²) in [7, 11) is 1.94. The molecule has 1 atom stereocenters. The minimum Gasteiger partial charge on any atom is -0.330 e. The van der Waals surface area contributed by atoms with Crippen LogP contribution in [0.3, 0.4) is 0 Å². The fourth-order valence-electron chi connectivity index (χ4n) is 2.82. The normalized spacial score (nSPS) is 22.1. The molecule has 0 radical (unpaired) electrons. The Labute approximate surface area is 117 Å². The molecule has 20 heavy (non-hydrogen) atoms. The lowest BCUT2D eigenvalue weighted by molar-refractivity contribution is -0.134. The van der Waals surface area contributed by atoms with Crippen molar-refractivity contribution >= 4 is 23.2 Å². The maximum Gasteiger partial charge on any atom is 0.249 e. The number of rotatable bonds is 1. The van der Waals surface area contributed by atoms with Crippen LogP contribution in [0.15, 0.2) is 30.6 Å². The molecule has 1 N–H and O–H groups in total. The number of carbonyl (C=O) groups is 2. The first-order chi connectivity index (χ1) is 9.49. The second-order valence-electron chi connectivity index (χ2n) is 5.30. The molecule has 5 heteroatoms. The number of amides is 2. The number of aryl methyl sites for hydroxylation is 1. The zero-order valence-corrected chi connectivity index (χ0v) is 11.6. The van der Waals surface area contributed by atoms with E-state index < -0.39 is 0 Å². The third-order valence-corrected chi connectivity index (χ3v) is 3.94. The van der Waals surface area contributed by atoms with E-state index in [2.05, 4.69) is 18.0 Å². The predicted molar refractivity (Wildman–Crippen MR) is 77.4 cm³/mol. The lowest BCUT2D eigenvalue weighted by Crippen LogP contribution is -2.52. The maximum absolute atomic E-state index is 12.1. The summed E-state index contributed by atoms with van der Waals surface area (Å²) in [6.45, 7) is 6.11. The van der Waals surface area contributed by atoms with Crippen LogP contribution in [-0.2, 0) is 9.59 Å². The van der Waals surface area contributed by atoms with Crippen LogP contribution in [0.5, 0.6) is 0 Å². The van der Waals surface area contributed by atoms with Gasteiger partial charge in [0.1, 0.15) is 11.9 Å². The number of anilines is 2. The number of hydrogen-bond donors (Lipinski definition) is 1. The van der Waals surface area contributed by atoms with E-state index in [1.165, 1.54) is 0 Å². The van der Waals surface area contributed by atoms with Crippen LogP contribution in [0.4, 0.5) is 11.4 Å². The summed E-state index contributed by atoms with van der Waals surface area (Å²) in [5.74, 6) is 0.317. The quantitative estimate of drug-likeness (QED) is 0.787. The maximum atomic E-state index is 12.1. The largest absolute Gasteiger partial charge is 0.330 e. The highest BCUT2D eigenvalue weighted by molar-refractivity contribution is 6.03. The van der Waals surface area contributed by atoms with Crippen LogP contribution >= 0.6 is 0 Å². The molecule has 5 nitrogen and oxygen atoms in total. The summed E-state index contributed by atoms with van der Waals surface area (Å²) in [5, 5.41) is 2.40. The predicted octanol–water partition coefficient (Wildman–Crippen LogP) is 1.53. The van der Waals surface area contributed by atoms with E-state index in [1.54, 1.807) is 0 Å². The van der Waals surface area contributed by atoms with E-state index in [0.29, 0.717) is 12.8 Å². The molecule has 2 heterocycles. The van der Waals surface area contributed by atoms with Gasteiger partial charge in [-0.3, -0.25) is 14.9 Å². The highest BCUT2D eigenvalue weighted by atomic mass is 16.2. The molecule has 0 aliphatic carbocycles. The average Bonchev–Trinajstić information content (AvgIpc) is 2.63. The molecule has 0 saturated carbocycles. The van der Waals surface area contributed by atoms with Gasteiger partial charge in [0.05, 0.1) is 11.4 Å². The SMILES string of the molecule is C=C1N(C)c2cc(C)ccc2N1C1CCC(=O)NC1=O. The third kappa shape index (κ3) is 1.78. The molecule has 0 spiro atoms. The van der Waals surface area contributed by atoms with Crippen molar-refractivity contribution in [1.29, 1.82) is 0 Å². The van der Waals surface area contributed by atoms with Gasteiger partial charge in [-0.15, -0.1) is 0 Å². The van der Waals surface area contributed by atoms with Gasteiger partial charge < -0.3 is 9.80 Å². The molecule has 2 aliphatic rings. The van der Waals surface area contributed by atoms with Crippen LogP contribution in [0, 0.1) is 6.92 Å². The van der Waals surface area contributed by atoms with Crippen molar-refractivity contribution in [2.45, 2.75) is 25.8 Å². The third-order valence-electron chi connectivity index (χ3n) is 3.94. The van der Waals surface area contributed by atoms with Crippen LogP contribution in [0.1, 0.15) is 18.4 Å². The summed E-state index contributed by atoms with van der Waals surface area (Å²) in [6.07, 6.45) is 0.885. The lowest BCUT2D eigenvalue weighted by atomic mass is 10.0. The summed E-state index contributed by atoms with van der Waals surface area (Å²) < 4.78 is 0. The van der Waals surface area contributed by atoms with Crippen LogP contribution in [0.25, 0.3) is 0 Å². The highest BCUT2D eigenvalue weighted by Crippen LogP contribution is 2.42. The molecule has 2 amide bonds. The zero-order chi connectivity index (χ0) is 14.4. The molecule has 3 rings (SSSR count). The van der Waals surface area contributed by atoms with E-state index in [9.17, 15) is 9.59 Å². The first-order valence-corrected chi connectivity index (χ1v) is 6.65. The molecule has 104 valence electrons. The van der Waals surface area contributed by atoms with Crippen molar-refractivity contribution in [2.24, 2.45) is 0 Å². The Balaban J connectivity index is 2.01. The molecule has 0 bridgehead atoms. The smallest absolute Gasteiger partial charge is 0.249 e. The van der Waals surface area contributed by atoms with Gasteiger partial charge in [0.15, 0.2) is 0 Å². The second kappa shape index (κ2) is 4.37. The molecule has 1 aromatic carbocycles. The number of hydrogen-bond acceptors (Lipinski definition) is 4. The fourth-order valence-corrected chi connectivity index (χ4v) is 2.82. The molecule has 2 aliphatic heterocycles. The summed E-state index contributed by atoms with van der Waals surface area (Å²) >= 11 is 0. The Morgan fingerprint density at radius 1 is 1.30 bits per heavy atom. The molecule has 1 unspecified atom stereocenters. The number of imide groups is 1. The number of nitrogens with one attached hydrogen (secondary N) is 1. The van der Waals surface area contributed by atoms with Crippen LogP contribution < -0.4 is 15.1 Å². The Hall–Kier alpha value is -2.30. The highest BCUT2D eigenvalue weighted by Gasteiger charge is 2.38. The topological polar surface area (TPSA) is 52.6 Å². The first kappa shape index (κ1) is 12.7. The number of piperidine rings is 1. The Bertz CT molecular complexity index is 624. The number of nitrogens with zero attached hydrogens (tertiary/aromatic N) is 2. The van der Waals surface area contributed by atoms with Crippen LogP contribution in [-0.4, -0.2) is 24.9 Å². The van der Waals surface area contributed by atoms with Crippen molar-refractivity contribution in [3.05, 3.63) is 36.2 Å². The van der Waals surface area contributed by atoms with E-state index in [-0.39, 0.29) is 17.9 Å². The average molecular weight is 271 g/mol. The molecular weight excluding hydrogens is 254 g/mol. The van der Waals surface area contributed by atoms with E-state index >= 15 is 0 Å². The minimum atomic E-state index is -0.369. The Morgan fingerprint density at radius 2 is 2.05 bits per heavy atom. The molecule has 1 fully saturated rings. The molecule has 0 aromatic heterocycles. The molecule has 1 saturated heterocycles. The van der Waals surface area contributed by atoms with Crippen molar-refractivity contribution in [2.75, 3.05) is 16.8 Å². The monoisotopic (exact) mass is 271 g/mol. The zero-order valence-electron chi connectivity index (χ0n) is 11.6. The number of benzene rings is 1. The van der Waals surface area contributed by atoms with E-state index in [1.807, 2.05) is 35.9 Å². The van der Waals surface area contributed by atoms with Crippen molar-refractivity contribution in [1.82, 2.24) is 5.32 Å². The fraction of sp³-hybridized carbons (Fsp3) is 0.333. The van der Waals surface area contributed by atoms with E-state index in [4.69, 9.17) is 0 Å². The van der Waals surface area contributed by atoms with Gasteiger partial charge in [-0.1, -0.05) is 12.6 Å². The Kier molecular flexibility index (Phi) is 2.78. The lowest BCUT2D eigenvalue weighted by Gasteiger charge is -2.32.